The van der Waals surface area contributed by atoms with Crippen molar-refractivity contribution in [3.05, 3.63) is 58.7 Å². The van der Waals surface area contributed by atoms with Gasteiger partial charge < -0.3 is 39.6 Å². The molecular formula is C20H6K4O8. The summed E-state index contributed by atoms with van der Waals surface area (Å²) in [6.45, 7) is 0. The monoisotopic (exact) mass is 530 g/mol. The van der Waals surface area contributed by atoms with Crippen molar-refractivity contribution < 1.29 is 245 Å². The number of rotatable bonds is 4. The Bertz CT molecular complexity index is 1380. The second-order valence-corrected chi connectivity index (χ2v) is 6.14. The average Bonchev–Trinajstić information content (AvgIpc) is 2.63. The van der Waals surface area contributed by atoms with Crippen LogP contribution in [0.5, 0.6) is 0 Å². The number of carbonyl (C=O) groups is 4. The average molecular weight is 531 g/mol. The van der Waals surface area contributed by atoms with E-state index in [1.807, 2.05) is 0 Å². The zero-order valence-electron chi connectivity index (χ0n) is 17.7. The molecule has 0 aliphatic rings. The zero-order chi connectivity index (χ0) is 20.3. The third-order valence-electron chi connectivity index (χ3n) is 4.76. The molecule has 0 aliphatic heterocycles. The van der Waals surface area contributed by atoms with Gasteiger partial charge in [0.05, 0.1) is 23.9 Å². The van der Waals surface area contributed by atoms with E-state index in [2.05, 4.69) is 0 Å². The molecular weight excluding hydrogens is 525 g/mol. The van der Waals surface area contributed by atoms with Gasteiger partial charge in [-0.1, -0.05) is 30.3 Å². The van der Waals surface area contributed by atoms with Crippen molar-refractivity contribution in [1.29, 1.82) is 0 Å². The van der Waals surface area contributed by atoms with E-state index >= 15 is 0 Å². The van der Waals surface area contributed by atoms with E-state index in [-0.39, 0.29) is 238 Å². The van der Waals surface area contributed by atoms with Gasteiger partial charge in [0.25, 0.3) is 0 Å². The predicted octanol–water partition coefficient (Wildman–Crippen LogP) is -13.9. The summed E-state index contributed by atoms with van der Waals surface area (Å²) in [6, 6.07) is 7.39. The van der Waals surface area contributed by atoms with Crippen molar-refractivity contribution >= 4 is 56.2 Å². The van der Waals surface area contributed by atoms with Crippen LogP contribution in [0.1, 0.15) is 41.4 Å². The molecule has 0 aromatic heterocycles. The van der Waals surface area contributed by atoms with Crippen LogP contribution in [0, 0.1) is 0 Å². The standard InChI is InChI=1S/C20H10O8.4K/c21-17(22)10-5-4-9-14-12-7(6-11(13(10)14)18(23)24)2-1-3-8(12)15(19(25)26)16(9)20(27)28;;;;/h1-6H,(H,21,22)(H,23,24)(H,25,26)(H,27,28);;;;/q;4*+1/p-4. The Morgan fingerprint density at radius 1 is 0.531 bits per heavy atom. The Hall–Kier alpha value is 2.35. The smallest absolute Gasteiger partial charge is 0.545 e. The molecule has 0 unspecified atom stereocenters. The van der Waals surface area contributed by atoms with Gasteiger partial charge >= 0.3 is 206 Å². The minimum Gasteiger partial charge on any atom is -0.545 e. The molecule has 0 heterocycles. The minimum atomic E-state index is -1.83. The Morgan fingerprint density at radius 2 is 1.03 bits per heavy atom. The first kappa shape index (κ1) is 34.3. The van der Waals surface area contributed by atoms with Crippen molar-refractivity contribution in [3.63, 3.8) is 0 Å². The van der Waals surface area contributed by atoms with Gasteiger partial charge in [-0.15, -0.1) is 0 Å². The van der Waals surface area contributed by atoms with E-state index in [0.717, 1.165) is 18.2 Å². The predicted molar refractivity (Wildman–Crippen MR) is 87.5 cm³/mol. The normalized spacial score (nSPS) is 9.88. The second-order valence-electron chi connectivity index (χ2n) is 6.14. The van der Waals surface area contributed by atoms with E-state index in [4.69, 9.17) is 0 Å². The van der Waals surface area contributed by atoms with Crippen LogP contribution >= 0.6 is 0 Å². The van der Waals surface area contributed by atoms with E-state index in [1.54, 1.807) is 0 Å². The Kier molecular flexibility index (Phi) is 14.8. The molecule has 0 radical (unpaired) electrons. The number of benzene rings is 4. The molecule has 0 atom stereocenters. The molecule has 0 amide bonds. The van der Waals surface area contributed by atoms with Crippen molar-refractivity contribution in [1.82, 2.24) is 0 Å². The van der Waals surface area contributed by atoms with E-state index in [0.29, 0.717) is 0 Å². The molecule has 0 fully saturated rings. The number of carboxylic acid groups (broad SMARTS) is 4. The quantitative estimate of drug-likeness (QED) is 0.186. The van der Waals surface area contributed by atoms with Crippen LogP contribution in [0.15, 0.2) is 36.4 Å². The molecule has 8 nitrogen and oxygen atoms in total. The molecule has 138 valence electrons. The van der Waals surface area contributed by atoms with Gasteiger partial charge in [-0.05, 0) is 33.0 Å². The number of carbonyl (C=O) groups excluding carboxylic acids is 4. The summed E-state index contributed by atoms with van der Waals surface area (Å²) in [4.78, 5) is 46.7. The van der Waals surface area contributed by atoms with Gasteiger partial charge in [-0.2, -0.15) is 0 Å². The van der Waals surface area contributed by atoms with Crippen LogP contribution in [-0.2, 0) is 0 Å². The van der Waals surface area contributed by atoms with Gasteiger partial charge in [-0.25, -0.2) is 0 Å². The molecule has 0 N–H and O–H groups in total. The van der Waals surface area contributed by atoms with Crippen LogP contribution in [0.2, 0.25) is 0 Å². The van der Waals surface area contributed by atoms with E-state index in [1.165, 1.54) is 18.2 Å². The van der Waals surface area contributed by atoms with Crippen LogP contribution < -0.4 is 226 Å². The van der Waals surface area contributed by atoms with Gasteiger partial charge in [0.2, 0.25) is 0 Å². The van der Waals surface area contributed by atoms with Crippen LogP contribution in [-0.4, -0.2) is 23.9 Å². The maximum atomic E-state index is 11.8. The molecule has 0 saturated carbocycles. The van der Waals surface area contributed by atoms with Gasteiger partial charge in [0.15, 0.2) is 0 Å². The fraction of sp³-hybridized carbons (Fsp3) is 0. The molecule has 0 bridgehead atoms. The maximum absolute atomic E-state index is 11.8. The van der Waals surface area contributed by atoms with Crippen molar-refractivity contribution in [2.24, 2.45) is 0 Å². The molecule has 4 aromatic carbocycles. The fourth-order valence-electron chi connectivity index (χ4n) is 3.78. The largest absolute Gasteiger partial charge is 1.00 e. The molecule has 32 heavy (non-hydrogen) atoms. The summed E-state index contributed by atoms with van der Waals surface area (Å²) in [5.41, 5.74) is -2.35. The number of carboxylic acids is 4. The summed E-state index contributed by atoms with van der Waals surface area (Å²) in [5, 5.41) is 46.6. The first-order valence-electron chi connectivity index (χ1n) is 7.87. The summed E-state index contributed by atoms with van der Waals surface area (Å²) >= 11 is 0. The maximum Gasteiger partial charge on any atom is 1.00 e. The second kappa shape index (κ2) is 13.8. The molecule has 12 heteroatoms. The topological polar surface area (TPSA) is 161 Å². The van der Waals surface area contributed by atoms with Crippen LogP contribution in [0.3, 0.4) is 0 Å². The van der Waals surface area contributed by atoms with E-state index < -0.39 is 46.1 Å². The number of aromatic carboxylic acids is 4. The Morgan fingerprint density at radius 3 is 1.50 bits per heavy atom. The minimum absolute atomic E-state index is 0. The third-order valence-corrected chi connectivity index (χ3v) is 4.76. The first-order chi connectivity index (χ1) is 13.2. The van der Waals surface area contributed by atoms with Crippen molar-refractivity contribution in [3.8, 4) is 0 Å². The first-order valence-corrected chi connectivity index (χ1v) is 7.87. The number of hydrogen-bond acceptors (Lipinski definition) is 8. The molecule has 0 saturated heterocycles. The molecule has 0 aliphatic carbocycles. The third kappa shape index (κ3) is 5.91. The van der Waals surface area contributed by atoms with Crippen LogP contribution in [0.25, 0.3) is 32.3 Å². The molecule has 4 rings (SSSR count). The van der Waals surface area contributed by atoms with Gasteiger partial charge in [0, 0.05) is 27.6 Å². The summed E-state index contributed by atoms with van der Waals surface area (Å²) in [7, 11) is 0. The Labute approximate surface area is 350 Å². The molecule has 4 aromatic rings. The fourth-order valence-corrected chi connectivity index (χ4v) is 3.78. The summed E-state index contributed by atoms with van der Waals surface area (Å²) in [6.07, 6.45) is 0. The van der Waals surface area contributed by atoms with Crippen molar-refractivity contribution in [2.45, 2.75) is 0 Å². The van der Waals surface area contributed by atoms with E-state index in [9.17, 15) is 39.6 Å². The summed E-state index contributed by atoms with van der Waals surface area (Å²) < 4.78 is 0. The Balaban J connectivity index is 0.00000240. The number of hydrogen-bond donors (Lipinski definition) is 0. The van der Waals surface area contributed by atoms with Gasteiger partial charge in [0.1, 0.15) is 0 Å². The zero-order valence-corrected chi connectivity index (χ0v) is 30.2. The SMILES string of the molecule is O=C([O-])c1c(C(=O)[O-])c2ccc(C(=O)[O-])c3c(C(=O)[O-])cc4cccc1c4c23.[K+].[K+].[K+].[K+]. The van der Waals surface area contributed by atoms with Crippen molar-refractivity contribution in [2.75, 3.05) is 0 Å². The van der Waals surface area contributed by atoms with Gasteiger partial charge in [-0.3, -0.25) is 0 Å². The summed E-state index contributed by atoms with van der Waals surface area (Å²) in [5.74, 6) is -6.96. The molecule has 0 spiro atoms. The van der Waals surface area contributed by atoms with Crippen LogP contribution in [0.4, 0.5) is 0 Å².